The summed E-state index contributed by atoms with van der Waals surface area (Å²) in [4.78, 5) is 22.8. The van der Waals surface area contributed by atoms with Gasteiger partial charge in [0.15, 0.2) is 0 Å². The fourth-order valence-corrected chi connectivity index (χ4v) is 2.28. The summed E-state index contributed by atoms with van der Waals surface area (Å²) >= 11 is 0. The third kappa shape index (κ3) is 3.62. The molecule has 25 heavy (non-hydrogen) atoms. The van der Waals surface area contributed by atoms with E-state index >= 15 is 0 Å². The highest BCUT2D eigenvalue weighted by molar-refractivity contribution is 6.03. The highest BCUT2D eigenvalue weighted by Gasteiger charge is 2.13. The molecule has 0 spiro atoms. The first kappa shape index (κ1) is 16.1. The van der Waals surface area contributed by atoms with E-state index in [1.807, 2.05) is 43.4 Å². The zero-order valence-corrected chi connectivity index (χ0v) is 13.5. The van der Waals surface area contributed by atoms with Gasteiger partial charge in [0.1, 0.15) is 11.8 Å². The molecule has 0 bridgehead atoms. The summed E-state index contributed by atoms with van der Waals surface area (Å²) in [6.45, 7) is 0. The lowest BCUT2D eigenvalue weighted by atomic mass is 10.2. The number of aromatic nitrogens is 2. The molecule has 2 aromatic carbocycles. The molecule has 0 saturated heterocycles. The summed E-state index contributed by atoms with van der Waals surface area (Å²) in [6.07, 6.45) is 1.53. The predicted molar refractivity (Wildman–Crippen MR) is 95.6 cm³/mol. The molecule has 3 aromatic rings. The molecule has 3 rings (SSSR count). The second-order valence-corrected chi connectivity index (χ2v) is 5.25. The zero-order chi connectivity index (χ0) is 17.6. The average Bonchev–Trinajstić information content (AvgIpc) is 2.68. The molecule has 0 fully saturated rings. The summed E-state index contributed by atoms with van der Waals surface area (Å²) < 4.78 is 0. The Hall–Kier alpha value is -3.72. The van der Waals surface area contributed by atoms with Gasteiger partial charge >= 0.3 is 0 Å². The lowest BCUT2D eigenvalue weighted by Gasteiger charge is -2.17. The van der Waals surface area contributed by atoms with E-state index in [4.69, 9.17) is 5.26 Å². The molecule has 1 N–H and O–H groups in total. The topological polar surface area (TPSA) is 81.9 Å². The van der Waals surface area contributed by atoms with Crippen molar-refractivity contribution in [2.75, 3.05) is 17.3 Å². The SMILES string of the molecule is CN(c1ccccc1)c1nccc(C(=O)Nc2ccccc2C#N)n1. The summed E-state index contributed by atoms with van der Waals surface area (Å²) in [5.41, 5.74) is 1.98. The number of hydrogen-bond acceptors (Lipinski definition) is 5. The maximum Gasteiger partial charge on any atom is 0.274 e. The van der Waals surface area contributed by atoms with Crippen molar-refractivity contribution in [3.8, 4) is 6.07 Å². The quantitative estimate of drug-likeness (QED) is 0.793. The molecular weight excluding hydrogens is 314 g/mol. The number of carbonyl (C=O) groups excluding carboxylic acids is 1. The van der Waals surface area contributed by atoms with Crippen molar-refractivity contribution in [2.45, 2.75) is 0 Å². The van der Waals surface area contributed by atoms with Gasteiger partial charge in [0.25, 0.3) is 5.91 Å². The molecule has 0 unspecified atom stereocenters. The predicted octanol–water partition coefficient (Wildman–Crippen LogP) is 3.37. The Kier molecular flexibility index (Phi) is 4.67. The van der Waals surface area contributed by atoms with Gasteiger partial charge in [-0.3, -0.25) is 4.79 Å². The van der Waals surface area contributed by atoms with E-state index in [1.165, 1.54) is 12.3 Å². The van der Waals surface area contributed by atoms with E-state index in [0.29, 0.717) is 17.2 Å². The first-order chi connectivity index (χ1) is 12.2. The molecule has 1 aromatic heterocycles. The third-order valence-electron chi connectivity index (χ3n) is 3.61. The van der Waals surface area contributed by atoms with Crippen LogP contribution in [0.15, 0.2) is 66.9 Å². The van der Waals surface area contributed by atoms with Gasteiger partial charge in [0.05, 0.1) is 11.3 Å². The van der Waals surface area contributed by atoms with E-state index < -0.39 is 5.91 Å². The number of para-hydroxylation sites is 2. The number of hydrogen-bond donors (Lipinski definition) is 1. The second-order valence-electron chi connectivity index (χ2n) is 5.25. The lowest BCUT2D eigenvalue weighted by molar-refractivity contribution is 0.102. The minimum absolute atomic E-state index is 0.223. The molecule has 0 radical (unpaired) electrons. The van der Waals surface area contributed by atoms with Crippen LogP contribution in [0.5, 0.6) is 0 Å². The van der Waals surface area contributed by atoms with Crippen LogP contribution in [0.2, 0.25) is 0 Å². The normalized spacial score (nSPS) is 9.92. The van der Waals surface area contributed by atoms with Crippen molar-refractivity contribution >= 4 is 23.2 Å². The standard InChI is InChI=1S/C19H15N5O/c1-24(15-8-3-2-4-9-15)19-21-12-11-17(23-19)18(25)22-16-10-6-5-7-14(16)13-20/h2-12H,1H3,(H,22,25). The monoisotopic (exact) mass is 329 g/mol. The Morgan fingerprint density at radius 1 is 1.08 bits per heavy atom. The fourth-order valence-electron chi connectivity index (χ4n) is 2.28. The smallest absolute Gasteiger partial charge is 0.274 e. The van der Waals surface area contributed by atoms with Crippen LogP contribution in [-0.2, 0) is 0 Å². The van der Waals surface area contributed by atoms with Crippen LogP contribution in [-0.4, -0.2) is 22.9 Å². The Labute approximate surface area is 145 Å². The Bertz CT molecular complexity index is 934. The molecule has 0 aliphatic rings. The summed E-state index contributed by atoms with van der Waals surface area (Å²) in [5, 5.41) is 11.8. The van der Waals surface area contributed by atoms with Crippen molar-refractivity contribution < 1.29 is 4.79 Å². The van der Waals surface area contributed by atoms with E-state index in [2.05, 4.69) is 15.3 Å². The third-order valence-corrected chi connectivity index (χ3v) is 3.61. The maximum absolute atomic E-state index is 12.5. The first-order valence-corrected chi connectivity index (χ1v) is 7.61. The molecular formula is C19H15N5O. The molecule has 0 aliphatic carbocycles. The van der Waals surface area contributed by atoms with Gasteiger partial charge in [-0.1, -0.05) is 30.3 Å². The van der Waals surface area contributed by atoms with E-state index in [9.17, 15) is 4.79 Å². The van der Waals surface area contributed by atoms with Crippen LogP contribution >= 0.6 is 0 Å². The number of benzene rings is 2. The largest absolute Gasteiger partial charge is 0.319 e. The van der Waals surface area contributed by atoms with E-state index in [0.717, 1.165) is 5.69 Å². The Morgan fingerprint density at radius 2 is 1.80 bits per heavy atom. The first-order valence-electron chi connectivity index (χ1n) is 7.61. The van der Waals surface area contributed by atoms with Crippen LogP contribution < -0.4 is 10.2 Å². The molecule has 1 heterocycles. The second kappa shape index (κ2) is 7.23. The molecule has 6 nitrogen and oxygen atoms in total. The number of anilines is 3. The molecule has 1 amide bonds. The number of nitrogens with zero attached hydrogens (tertiary/aromatic N) is 4. The highest BCUT2D eigenvalue weighted by Crippen LogP contribution is 2.20. The fraction of sp³-hybridized carbons (Fsp3) is 0.0526. The van der Waals surface area contributed by atoms with Crippen molar-refractivity contribution in [2.24, 2.45) is 0 Å². The van der Waals surface area contributed by atoms with Gasteiger partial charge in [-0.2, -0.15) is 5.26 Å². The van der Waals surface area contributed by atoms with E-state index in [1.54, 1.807) is 29.2 Å². The number of nitriles is 1. The van der Waals surface area contributed by atoms with Gasteiger partial charge in [-0.15, -0.1) is 0 Å². The molecule has 0 aliphatic heterocycles. The summed E-state index contributed by atoms with van der Waals surface area (Å²) in [7, 11) is 1.83. The van der Waals surface area contributed by atoms with E-state index in [-0.39, 0.29) is 5.69 Å². The minimum atomic E-state index is -0.396. The number of carbonyl (C=O) groups is 1. The molecule has 122 valence electrons. The molecule has 6 heteroatoms. The van der Waals surface area contributed by atoms with Gasteiger partial charge in [0.2, 0.25) is 5.95 Å². The van der Waals surface area contributed by atoms with Crippen LogP contribution in [0.1, 0.15) is 16.1 Å². The maximum atomic E-state index is 12.5. The van der Waals surface area contributed by atoms with Crippen molar-refractivity contribution in [1.82, 2.24) is 9.97 Å². The van der Waals surface area contributed by atoms with Crippen molar-refractivity contribution in [3.63, 3.8) is 0 Å². The lowest BCUT2D eigenvalue weighted by Crippen LogP contribution is -2.18. The highest BCUT2D eigenvalue weighted by atomic mass is 16.1. The van der Waals surface area contributed by atoms with Crippen LogP contribution in [0.4, 0.5) is 17.3 Å². The van der Waals surface area contributed by atoms with Crippen LogP contribution in [0.25, 0.3) is 0 Å². The van der Waals surface area contributed by atoms with Gasteiger partial charge < -0.3 is 10.2 Å². The van der Waals surface area contributed by atoms with Gasteiger partial charge in [0, 0.05) is 18.9 Å². The van der Waals surface area contributed by atoms with Crippen LogP contribution in [0, 0.1) is 11.3 Å². The van der Waals surface area contributed by atoms with Gasteiger partial charge in [-0.25, -0.2) is 9.97 Å². The Morgan fingerprint density at radius 3 is 2.56 bits per heavy atom. The molecule has 0 atom stereocenters. The summed E-state index contributed by atoms with van der Waals surface area (Å²) in [6, 6.07) is 20.0. The van der Waals surface area contributed by atoms with Crippen LogP contribution in [0.3, 0.4) is 0 Å². The minimum Gasteiger partial charge on any atom is -0.319 e. The Balaban J connectivity index is 1.84. The number of rotatable bonds is 4. The van der Waals surface area contributed by atoms with Crippen molar-refractivity contribution in [1.29, 1.82) is 5.26 Å². The summed E-state index contributed by atoms with van der Waals surface area (Å²) in [5.74, 6) is 0.0141. The molecule has 0 saturated carbocycles. The average molecular weight is 329 g/mol. The number of nitrogens with one attached hydrogen (secondary N) is 1. The number of amides is 1. The van der Waals surface area contributed by atoms with Gasteiger partial charge in [-0.05, 0) is 30.3 Å². The van der Waals surface area contributed by atoms with Crippen molar-refractivity contribution in [3.05, 3.63) is 78.1 Å². The zero-order valence-electron chi connectivity index (χ0n) is 13.5.